The molecule has 0 radical (unpaired) electrons. The molecule has 0 saturated heterocycles. The van der Waals surface area contributed by atoms with Crippen LogP contribution in [-0.4, -0.2) is 26.9 Å². The molecule has 0 aliphatic heterocycles. The molecule has 0 aliphatic carbocycles. The van der Waals surface area contributed by atoms with E-state index < -0.39 is 10.5 Å². The van der Waals surface area contributed by atoms with E-state index in [1.54, 1.807) is 50.2 Å². The van der Waals surface area contributed by atoms with Crippen molar-refractivity contribution in [2.24, 2.45) is 5.10 Å². The van der Waals surface area contributed by atoms with Crippen molar-refractivity contribution in [3.05, 3.63) is 97.2 Å². The quantitative estimate of drug-likeness (QED) is 0.143. The van der Waals surface area contributed by atoms with E-state index in [2.05, 4.69) is 26.0 Å². The van der Waals surface area contributed by atoms with Crippen LogP contribution in [-0.2, 0) is 0 Å². The van der Waals surface area contributed by atoms with Crippen molar-refractivity contribution in [3.8, 4) is 17.3 Å². The van der Waals surface area contributed by atoms with Crippen LogP contribution in [0.4, 0.5) is 5.69 Å². The molecule has 0 atom stereocenters. The molecule has 180 valence electrons. The standard InChI is InChI=1S/C26H19BrN4O5/c1-15(2)35-24-19(27)11-16(12-21(24)31(33)34)14-28-30-25(23-13-17-7-3-6-10-22(17)36-23)29-20-9-5-4-8-18(20)26(30)32/h3-15H,1-2H3. The van der Waals surface area contributed by atoms with Crippen LogP contribution < -0.4 is 10.3 Å². The van der Waals surface area contributed by atoms with Crippen LogP contribution in [0, 0.1) is 10.1 Å². The molecule has 0 spiro atoms. The molecule has 0 aliphatic rings. The Kier molecular flexibility index (Phi) is 6.11. The van der Waals surface area contributed by atoms with Gasteiger partial charge in [-0.25, -0.2) is 4.98 Å². The highest BCUT2D eigenvalue weighted by molar-refractivity contribution is 9.10. The predicted molar refractivity (Wildman–Crippen MR) is 141 cm³/mol. The van der Waals surface area contributed by atoms with Crippen molar-refractivity contribution in [2.45, 2.75) is 20.0 Å². The highest BCUT2D eigenvalue weighted by atomic mass is 79.9. The molecule has 0 bridgehead atoms. The molecule has 0 N–H and O–H groups in total. The number of ether oxygens (including phenoxy) is 1. The maximum atomic E-state index is 13.4. The van der Waals surface area contributed by atoms with Gasteiger partial charge >= 0.3 is 5.69 Å². The third-order valence-electron chi connectivity index (χ3n) is 5.32. The SMILES string of the molecule is CC(C)Oc1c(Br)cc(C=Nn2c(-c3cc4ccccc4o3)nc3ccccc3c2=O)cc1[N+](=O)[O-]. The lowest BCUT2D eigenvalue weighted by molar-refractivity contribution is -0.386. The number of para-hydroxylation sites is 2. The minimum Gasteiger partial charge on any atom is -0.483 e. The molecule has 2 aromatic heterocycles. The number of nitrogens with zero attached hydrogens (tertiary/aromatic N) is 4. The molecule has 0 saturated carbocycles. The van der Waals surface area contributed by atoms with Gasteiger partial charge in [0, 0.05) is 17.0 Å². The molecule has 0 unspecified atom stereocenters. The second kappa shape index (κ2) is 9.38. The number of furan rings is 1. The molecule has 0 fully saturated rings. The smallest absolute Gasteiger partial charge is 0.312 e. The van der Waals surface area contributed by atoms with Crippen molar-refractivity contribution < 1.29 is 14.1 Å². The van der Waals surface area contributed by atoms with E-state index in [0.29, 0.717) is 32.3 Å². The minimum atomic E-state index is -0.524. The van der Waals surface area contributed by atoms with E-state index in [1.165, 1.54) is 12.3 Å². The highest BCUT2D eigenvalue weighted by Crippen LogP contribution is 2.37. The first-order chi connectivity index (χ1) is 17.3. The maximum absolute atomic E-state index is 13.4. The van der Waals surface area contributed by atoms with E-state index in [0.717, 1.165) is 10.1 Å². The van der Waals surface area contributed by atoms with Crippen LogP contribution in [0.1, 0.15) is 19.4 Å². The van der Waals surface area contributed by atoms with Gasteiger partial charge in [-0.2, -0.15) is 9.78 Å². The summed E-state index contributed by atoms with van der Waals surface area (Å²) in [5.74, 6) is 0.697. The van der Waals surface area contributed by atoms with Crippen LogP contribution in [0.15, 0.2) is 85.5 Å². The zero-order chi connectivity index (χ0) is 25.4. The van der Waals surface area contributed by atoms with Crippen molar-refractivity contribution in [1.29, 1.82) is 0 Å². The number of nitro groups is 1. The van der Waals surface area contributed by atoms with Crippen LogP contribution in [0.25, 0.3) is 33.5 Å². The zero-order valence-corrected chi connectivity index (χ0v) is 20.8. The number of rotatable bonds is 6. The highest BCUT2D eigenvalue weighted by Gasteiger charge is 2.21. The molecule has 5 aromatic rings. The third kappa shape index (κ3) is 4.38. The first-order valence-corrected chi connectivity index (χ1v) is 11.8. The molecular weight excluding hydrogens is 528 g/mol. The normalized spacial score (nSPS) is 11.7. The summed E-state index contributed by atoms with van der Waals surface area (Å²) in [5, 5.41) is 17.3. The summed E-state index contributed by atoms with van der Waals surface area (Å²) in [6.07, 6.45) is 1.11. The summed E-state index contributed by atoms with van der Waals surface area (Å²) in [6.45, 7) is 3.56. The second-order valence-corrected chi connectivity index (χ2v) is 9.09. The Morgan fingerprint density at radius 3 is 2.64 bits per heavy atom. The Labute approximate surface area is 212 Å². The summed E-state index contributed by atoms with van der Waals surface area (Å²) in [4.78, 5) is 29.2. The number of fused-ring (bicyclic) bond motifs is 2. The van der Waals surface area contributed by atoms with Crippen molar-refractivity contribution in [2.75, 3.05) is 0 Å². The number of benzene rings is 3. The second-order valence-electron chi connectivity index (χ2n) is 8.24. The Morgan fingerprint density at radius 2 is 1.89 bits per heavy atom. The Morgan fingerprint density at radius 1 is 1.14 bits per heavy atom. The number of nitro benzene ring substituents is 1. The molecule has 3 aromatic carbocycles. The minimum absolute atomic E-state index is 0.125. The fraction of sp³-hybridized carbons (Fsp3) is 0.115. The van der Waals surface area contributed by atoms with Gasteiger partial charge in [0.25, 0.3) is 5.56 Å². The molecule has 9 nitrogen and oxygen atoms in total. The fourth-order valence-corrected chi connectivity index (χ4v) is 4.33. The first kappa shape index (κ1) is 23.4. The average Bonchev–Trinajstić information content (AvgIpc) is 3.28. The number of aromatic nitrogens is 2. The van der Waals surface area contributed by atoms with Gasteiger partial charge in [-0.1, -0.05) is 30.3 Å². The summed E-state index contributed by atoms with van der Waals surface area (Å²) in [6, 6.07) is 19.2. The van der Waals surface area contributed by atoms with Crippen LogP contribution in [0.2, 0.25) is 0 Å². The van der Waals surface area contributed by atoms with Gasteiger partial charge in [0.1, 0.15) is 5.58 Å². The van der Waals surface area contributed by atoms with E-state index >= 15 is 0 Å². The Bertz CT molecular complexity index is 1690. The van der Waals surface area contributed by atoms with Gasteiger partial charge in [0.15, 0.2) is 5.76 Å². The van der Waals surface area contributed by atoms with Crippen molar-refractivity contribution in [3.63, 3.8) is 0 Å². The van der Waals surface area contributed by atoms with Crippen LogP contribution in [0.3, 0.4) is 0 Å². The third-order valence-corrected chi connectivity index (χ3v) is 5.91. The molecule has 36 heavy (non-hydrogen) atoms. The van der Waals surface area contributed by atoms with Gasteiger partial charge in [0.2, 0.25) is 11.6 Å². The summed E-state index contributed by atoms with van der Waals surface area (Å²) in [7, 11) is 0. The summed E-state index contributed by atoms with van der Waals surface area (Å²) < 4.78 is 13.1. The zero-order valence-electron chi connectivity index (χ0n) is 19.2. The Balaban J connectivity index is 1.68. The van der Waals surface area contributed by atoms with Crippen molar-refractivity contribution >= 4 is 49.7 Å². The molecule has 10 heteroatoms. The van der Waals surface area contributed by atoms with Gasteiger partial charge in [-0.15, -0.1) is 0 Å². The van der Waals surface area contributed by atoms with Gasteiger partial charge in [-0.05, 0) is 60.1 Å². The molecular formula is C26H19BrN4O5. The Hall–Kier alpha value is -4.31. The molecule has 0 amide bonds. The number of hydrogen-bond donors (Lipinski definition) is 0. The van der Waals surface area contributed by atoms with E-state index in [-0.39, 0.29) is 23.4 Å². The van der Waals surface area contributed by atoms with E-state index in [4.69, 9.17) is 9.15 Å². The summed E-state index contributed by atoms with van der Waals surface area (Å²) in [5.41, 5.74) is 0.908. The van der Waals surface area contributed by atoms with Crippen LogP contribution in [0.5, 0.6) is 5.75 Å². The molecule has 2 heterocycles. The van der Waals surface area contributed by atoms with Crippen molar-refractivity contribution in [1.82, 2.24) is 9.66 Å². The van der Waals surface area contributed by atoms with Gasteiger partial charge in [-0.3, -0.25) is 14.9 Å². The maximum Gasteiger partial charge on any atom is 0.312 e. The average molecular weight is 547 g/mol. The number of halogens is 1. The van der Waals surface area contributed by atoms with Crippen LogP contribution >= 0.6 is 15.9 Å². The van der Waals surface area contributed by atoms with Gasteiger partial charge < -0.3 is 9.15 Å². The lowest BCUT2D eigenvalue weighted by atomic mass is 10.2. The monoisotopic (exact) mass is 546 g/mol. The summed E-state index contributed by atoms with van der Waals surface area (Å²) >= 11 is 3.35. The molecule has 5 rings (SSSR count). The lowest BCUT2D eigenvalue weighted by Crippen LogP contribution is -2.20. The lowest BCUT2D eigenvalue weighted by Gasteiger charge is -2.12. The fourth-order valence-electron chi connectivity index (χ4n) is 3.77. The van der Waals surface area contributed by atoms with Gasteiger partial charge in [0.05, 0.1) is 32.6 Å². The van der Waals surface area contributed by atoms with E-state index in [9.17, 15) is 14.9 Å². The predicted octanol–water partition coefficient (Wildman–Crippen LogP) is 6.15. The number of hydrogen-bond acceptors (Lipinski definition) is 7. The largest absolute Gasteiger partial charge is 0.483 e. The first-order valence-electron chi connectivity index (χ1n) is 11.0. The van der Waals surface area contributed by atoms with E-state index in [1.807, 2.05) is 24.3 Å². The topological polar surface area (TPSA) is 113 Å².